The van der Waals surface area contributed by atoms with E-state index in [9.17, 15) is 14.9 Å². The average Bonchev–Trinajstić information content (AvgIpc) is 2.28. The molecule has 0 aliphatic heterocycles. The van der Waals surface area contributed by atoms with Crippen LogP contribution in [0.25, 0.3) is 0 Å². The van der Waals surface area contributed by atoms with Gasteiger partial charge in [-0.3, -0.25) is 10.1 Å². The van der Waals surface area contributed by atoms with Gasteiger partial charge in [-0.05, 0) is 13.0 Å². The highest BCUT2D eigenvalue weighted by atomic mass is 16.6. The van der Waals surface area contributed by atoms with Crippen LogP contribution in [0.5, 0.6) is 5.75 Å². The summed E-state index contributed by atoms with van der Waals surface area (Å²) in [6.07, 6.45) is -0.883. The largest absolute Gasteiger partial charge is 0.472 e. The van der Waals surface area contributed by atoms with Crippen LogP contribution in [0.4, 0.5) is 5.69 Å². The minimum absolute atomic E-state index is 0.0467. The van der Waals surface area contributed by atoms with E-state index in [0.717, 1.165) is 0 Å². The molecule has 1 rings (SSSR count). The summed E-state index contributed by atoms with van der Waals surface area (Å²) in [5.74, 6) is -0.538. The van der Waals surface area contributed by atoms with Crippen LogP contribution in [-0.4, -0.2) is 24.1 Å². The van der Waals surface area contributed by atoms with Gasteiger partial charge < -0.3 is 9.47 Å². The Hall–Kier alpha value is -2.11. The van der Waals surface area contributed by atoms with Gasteiger partial charge in [0.1, 0.15) is 0 Å². The Morgan fingerprint density at radius 1 is 1.44 bits per heavy atom. The second-order valence-corrected chi connectivity index (χ2v) is 3.01. The molecule has 0 saturated carbocycles. The summed E-state index contributed by atoms with van der Waals surface area (Å²) in [5.41, 5.74) is -0.182. The zero-order chi connectivity index (χ0) is 12.1. The molecular formula is C10H11NO5. The molecule has 0 spiro atoms. The number of carbonyl (C=O) groups excluding carboxylic acids is 1. The topological polar surface area (TPSA) is 78.7 Å². The molecule has 0 amide bonds. The van der Waals surface area contributed by atoms with E-state index in [1.54, 1.807) is 6.07 Å². The highest BCUT2D eigenvalue weighted by molar-refractivity contribution is 5.74. The Morgan fingerprint density at radius 2 is 2.06 bits per heavy atom. The zero-order valence-corrected chi connectivity index (χ0v) is 8.88. The van der Waals surface area contributed by atoms with E-state index in [4.69, 9.17) is 4.74 Å². The van der Waals surface area contributed by atoms with Crippen LogP contribution in [0.2, 0.25) is 0 Å². The van der Waals surface area contributed by atoms with Crippen molar-refractivity contribution in [3.8, 4) is 5.75 Å². The van der Waals surface area contributed by atoms with E-state index >= 15 is 0 Å². The van der Waals surface area contributed by atoms with Crippen LogP contribution < -0.4 is 4.74 Å². The normalized spacial score (nSPS) is 11.6. The summed E-state index contributed by atoms with van der Waals surface area (Å²) in [6, 6.07) is 5.84. The molecule has 1 aromatic carbocycles. The average molecular weight is 225 g/mol. The number of esters is 1. The van der Waals surface area contributed by atoms with E-state index in [0.29, 0.717) is 0 Å². The van der Waals surface area contributed by atoms with Crippen LogP contribution in [0.1, 0.15) is 6.92 Å². The van der Waals surface area contributed by atoms with Crippen LogP contribution in [0.15, 0.2) is 24.3 Å². The maximum atomic E-state index is 11.1. The fourth-order valence-electron chi connectivity index (χ4n) is 1.11. The summed E-state index contributed by atoms with van der Waals surface area (Å²) in [6.45, 7) is 1.46. The molecule has 1 atom stereocenters. The number of methoxy groups -OCH3 is 1. The van der Waals surface area contributed by atoms with Crippen molar-refractivity contribution < 1.29 is 19.2 Å². The van der Waals surface area contributed by atoms with Crippen molar-refractivity contribution in [2.24, 2.45) is 0 Å². The molecular weight excluding hydrogens is 214 g/mol. The Balaban J connectivity index is 2.88. The van der Waals surface area contributed by atoms with Gasteiger partial charge in [-0.1, -0.05) is 12.1 Å². The maximum Gasteiger partial charge on any atom is 0.346 e. The van der Waals surface area contributed by atoms with Crippen molar-refractivity contribution in [1.82, 2.24) is 0 Å². The van der Waals surface area contributed by atoms with Gasteiger partial charge in [-0.2, -0.15) is 0 Å². The Bertz CT molecular complexity index is 404. The van der Waals surface area contributed by atoms with E-state index in [1.165, 1.54) is 32.2 Å². The molecule has 0 bridgehead atoms. The number of nitrogens with zero attached hydrogens (tertiary/aromatic N) is 1. The second-order valence-electron chi connectivity index (χ2n) is 3.01. The summed E-state index contributed by atoms with van der Waals surface area (Å²) in [7, 11) is 1.22. The molecule has 0 radical (unpaired) electrons. The number of para-hydroxylation sites is 2. The number of rotatable bonds is 4. The van der Waals surface area contributed by atoms with Crippen molar-refractivity contribution in [1.29, 1.82) is 0 Å². The lowest BCUT2D eigenvalue weighted by Crippen LogP contribution is -2.25. The second kappa shape index (κ2) is 5.11. The molecule has 6 heteroatoms. The molecule has 16 heavy (non-hydrogen) atoms. The summed E-state index contributed by atoms with van der Waals surface area (Å²) < 4.78 is 9.59. The Kier molecular flexibility index (Phi) is 3.82. The molecule has 6 nitrogen and oxygen atoms in total. The molecule has 0 aromatic heterocycles. The molecule has 0 aliphatic rings. The molecule has 0 saturated heterocycles. The van der Waals surface area contributed by atoms with Crippen molar-refractivity contribution in [3.63, 3.8) is 0 Å². The molecule has 0 N–H and O–H groups in total. The van der Waals surface area contributed by atoms with Crippen molar-refractivity contribution in [2.45, 2.75) is 13.0 Å². The van der Waals surface area contributed by atoms with E-state index < -0.39 is 17.0 Å². The molecule has 0 unspecified atom stereocenters. The molecule has 86 valence electrons. The smallest absolute Gasteiger partial charge is 0.346 e. The van der Waals surface area contributed by atoms with Gasteiger partial charge in [-0.25, -0.2) is 4.79 Å². The summed E-state index contributed by atoms with van der Waals surface area (Å²) >= 11 is 0. The minimum atomic E-state index is -0.883. The molecule has 0 aliphatic carbocycles. The first-order valence-corrected chi connectivity index (χ1v) is 4.54. The third kappa shape index (κ3) is 2.69. The molecule has 1 aromatic rings. The van der Waals surface area contributed by atoms with Crippen LogP contribution in [0, 0.1) is 10.1 Å². The third-order valence-electron chi connectivity index (χ3n) is 1.90. The standard InChI is InChI=1S/C10H11NO5/c1-7(10(12)15-2)16-9-6-4-3-5-8(9)11(13)14/h3-7H,1-2H3/t7-/m0/s1. The molecule has 0 fully saturated rings. The number of hydrogen-bond donors (Lipinski definition) is 0. The first-order valence-electron chi connectivity index (χ1n) is 4.54. The van der Waals surface area contributed by atoms with Crippen LogP contribution >= 0.6 is 0 Å². The first kappa shape index (κ1) is 12.0. The number of carbonyl (C=O) groups is 1. The lowest BCUT2D eigenvalue weighted by molar-refractivity contribution is -0.386. The van der Waals surface area contributed by atoms with Crippen molar-refractivity contribution >= 4 is 11.7 Å². The predicted molar refractivity (Wildman–Crippen MR) is 55.2 cm³/mol. The highest BCUT2D eigenvalue weighted by Gasteiger charge is 2.20. The van der Waals surface area contributed by atoms with Gasteiger partial charge in [0.15, 0.2) is 11.9 Å². The number of nitro groups is 1. The van der Waals surface area contributed by atoms with Crippen molar-refractivity contribution in [2.75, 3.05) is 7.11 Å². The van der Waals surface area contributed by atoms with E-state index in [2.05, 4.69) is 4.74 Å². The van der Waals surface area contributed by atoms with E-state index in [-0.39, 0.29) is 11.4 Å². The Labute approximate surface area is 91.9 Å². The fourth-order valence-corrected chi connectivity index (χ4v) is 1.11. The van der Waals surface area contributed by atoms with Gasteiger partial charge in [0.2, 0.25) is 0 Å². The minimum Gasteiger partial charge on any atom is -0.472 e. The van der Waals surface area contributed by atoms with Gasteiger partial charge in [0, 0.05) is 6.07 Å². The third-order valence-corrected chi connectivity index (χ3v) is 1.90. The number of nitro benzene ring substituents is 1. The lowest BCUT2D eigenvalue weighted by Gasteiger charge is -2.11. The van der Waals surface area contributed by atoms with Crippen LogP contribution in [0.3, 0.4) is 0 Å². The van der Waals surface area contributed by atoms with Gasteiger partial charge in [-0.15, -0.1) is 0 Å². The lowest BCUT2D eigenvalue weighted by atomic mass is 10.3. The van der Waals surface area contributed by atoms with Gasteiger partial charge in [0.25, 0.3) is 0 Å². The van der Waals surface area contributed by atoms with Gasteiger partial charge >= 0.3 is 11.7 Å². The molecule has 0 heterocycles. The van der Waals surface area contributed by atoms with E-state index in [1.807, 2.05) is 0 Å². The number of benzene rings is 1. The quantitative estimate of drug-likeness (QED) is 0.441. The fraction of sp³-hybridized carbons (Fsp3) is 0.300. The maximum absolute atomic E-state index is 11.1. The summed E-state index contributed by atoms with van der Waals surface area (Å²) in [5, 5.41) is 10.7. The summed E-state index contributed by atoms with van der Waals surface area (Å²) in [4.78, 5) is 21.2. The number of hydrogen-bond acceptors (Lipinski definition) is 5. The monoisotopic (exact) mass is 225 g/mol. The van der Waals surface area contributed by atoms with Crippen molar-refractivity contribution in [3.05, 3.63) is 34.4 Å². The predicted octanol–water partition coefficient (Wildman–Crippen LogP) is 1.54. The van der Waals surface area contributed by atoms with Crippen LogP contribution in [-0.2, 0) is 9.53 Å². The first-order chi connectivity index (χ1) is 7.56. The SMILES string of the molecule is COC(=O)[C@H](C)Oc1ccccc1[N+](=O)[O-]. The number of ether oxygens (including phenoxy) is 2. The zero-order valence-electron chi connectivity index (χ0n) is 8.88. The van der Waals surface area contributed by atoms with Gasteiger partial charge in [0.05, 0.1) is 12.0 Å². The highest BCUT2D eigenvalue weighted by Crippen LogP contribution is 2.26. The Morgan fingerprint density at radius 3 is 2.62 bits per heavy atom.